The van der Waals surface area contributed by atoms with Crippen molar-refractivity contribution in [3.05, 3.63) is 29.8 Å². The van der Waals surface area contributed by atoms with Gasteiger partial charge in [0.1, 0.15) is 5.75 Å². The van der Waals surface area contributed by atoms with Gasteiger partial charge in [0.05, 0.1) is 6.10 Å². The molecule has 0 spiro atoms. The Morgan fingerprint density at radius 3 is 2.89 bits per heavy atom. The topological polar surface area (TPSA) is 21.3 Å². The first kappa shape index (κ1) is 13.7. The van der Waals surface area contributed by atoms with Crippen molar-refractivity contribution in [3.8, 4) is 5.75 Å². The largest absolute Gasteiger partial charge is 0.490 e. The summed E-state index contributed by atoms with van der Waals surface area (Å²) in [5.74, 6) is 4.84. The molecule has 2 unspecified atom stereocenters. The van der Waals surface area contributed by atoms with Crippen molar-refractivity contribution in [3.63, 3.8) is 0 Å². The Morgan fingerprint density at radius 1 is 1.32 bits per heavy atom. The molecule has 3 rings (SSSR count). The van der Waals surface area contributed by atoms with Crippen LogP contribution in [0.4, 0.5) is 0 Å². The summed E-state index contributed by atoms with van der Waals surface area (Å²) >= 11 is 4.17. The molecule has 2 nitrogen and oxygen atoms in total. The van der Waals surface area contributed by atoms with Gasteiger partial charge < -0.3 is 10.1 Å². The average molecular weight is 295 g/mol. The Balaban J connectivity index is 1.73. The second-order valence-corrected chi connectivity index (χ2v) is 7.64. The second-order valence-electron chi connectivity index (χ2n) is 5.14. The van der Waals surface area contributed by atoms with Gasteiger partial charge in [-0.15, -0.1) is 0 Å². The molecule has 1 saturated heterocycles. The minimum Gasteiger partial charge on any atom is -0.490 e. The summed E-state index contributed by atoms with van der Waals surface area (Å²) in [7, 11) is 2.07. The van der Waals surface area contributed by atoms with Gasteiger partial charge in [0.2, 0.25) is 0 Å². The van der Waals surface area contributed by atoms with Crippen molar-refractivity contribution >= 4 is 23.5 Å². The molecule has 1 aliphatic carbocycles. The summed E-state index contributed by atoms with van der Waals surface area (Å²) in [6.45, 7) is 0. The van der Waals surface area contributed by atoms with E-state index < -0.39 is 0 Å². The summed E-state index contributed by atoms with van der Waals surface area (Å²) < 4.78 is 5.91. The fraction of sp³-hybridized carbons (Fsp3) is 0.600. The molecule has 1 N–H and O–H groups in total. The van der Waals surface area contributed by atoms with Crippen LogP contribution in [0.15, 0.2) is 24.3 Å². The molecule has 1 aromatic carbocycles. The molecule has 1 saturated carbocycles. The zero-order valence-corrected chi connectivity index (χ0v) is 12.9. The van der Waals surface area contributed by atoms with Gasteiger partial charge in [-0.1, -0.05) is 12.1 Å². The predicted octanol–water partition coefficient (Wildman–Crippen LogP) is 3.34. The van der Waals surface area contributed by atoms with Gasteiger partial charge in [0.25, 0.3) is 0 Å². The van der Waals surface area contributed by atoms with E-state index in [1.165, 1.54) is 35.7 Å². The number of hydrogen-bond acceptors (Lipinski definition) is 4. The molecule has 1 aromatic rings. The molecular weight excluding hydrogens is 274 g/mol. The molecule has 2 atom stereocenters. The predicted molar refractivity (Wildman–Crippen MR) is 85.5 cm³/mol. The first-order valence-corrected chi connectivity index (χ1v) is 9.20. The minimum atomic E-state index is 0.431. The van der Waals surface area contributed by atoms with Gasteiger partial charge in [0.15, 0.2) is 0 Å². The number of hydrogen-bond donors (Lipinski definition) is 1. The summed E-state index contributed by atoms with van der Waals surface area (Å²) in [4.78, 5) is 0. The number of rotatable bonds is 5. The SMILES string of the molecule is CNC(c1cccc(OC2CC2)c1)C1CSCCS1. The van der Waals surface area contributed by atoms with E-state index in [0.29, 0.717) is 17.4 Å². The van der Waals surface area contributed by atoms with Crippen LogP contribution in [0.1, 0.15) is 24.4 Å². The molecule has 0 bridgehead atoms. The van der Waals surface area contributed by atoms with Crippen LogP contribution in [-0.4, -0.2) is 35.7 Å². The third-order valence-corrected chi connectivity index (χ3v) is 6.43. The maximum atomic E-state index is 5.91. The van der Waals surface area contributed by atoms with Crippen molar-refractivity contribution in [1.82, 2.24) is 5.32 Å². The Bertz CT molecular complexity index is 416. The van der Waals surface area contributed by atoms with E-state index in [1.54, 1.807) is 0 Å². The molecule has 104 valence electrons. The number of nitrogens with one attached hydrogen (secondary N) is 1. The van der Waals surface area contributed by atoms with Crippen molar-refractivity contribution in [2.75, 3.05) is 24.3 Å². The summed E-state index contributed by atoms with van der Waals surface area (Å²) in [5, 5.41) is 4.16. The van der Waals surface area contributed by atoms with E-state index in [-0.39, 0.29) is 0 Å². The van der Waals surface area contributed by atoms with Crippen molar-refractivity contribution < 1.29 is 4.74 Å². The van der Waals surface area contributed by atoms with E-state index >= 15 is 0 Å². The lowest BCUT2D eigenvalue weighted by Gasteiger charge is -2.29. The lowest BCUT2D eigenvalue weighted by atomic mass is 10.0. The third-order valence-electron chi connectivity index (χ3n) is 3.57. The monoisotopic (exact) mass is 295 g/mol. The second kappa shape index (κ2) is 6.42. The first-order valence-electron chi connectivity index (χ1n) is 7.00. The minimum absolute atomic E-state index is 0.431. The first-order chi connectivity index (χ1) is 9.36. The normalized spacial score (nSPS) is 25.0. The molecule has 1 aliphatic heterocycles. The van der Waals surface area contributed by atoms with Crippen LogP contribution in [0.2, 0.25) is 0 Å². The molecule has 0 amide bonds. The Kier molecular flexibility index (Phi) is 4.61. The van der Waals surface area contributed by atoms with Crippen LogP contribution in [0.5, 0.6) is 5.75 Å². The highest BCUT2D eigenvalue weighted by Crippen LogP contribution is 2.35. The molecule has 19 heavy (non-hydrogen) atoms. The van der Waals surface area contributed by atoms with E-state index in [4.69, 9.17) is 4.74 Å². The molecule has 4 heteroatoms. The van der Waals surface area contributed by atoms with Crippen LogP contribution in [0, 0.1) is 0 Å². The molecule has 0 radical (unpaired) electrons. The van der Waals surface area contributed by atoms with E-state index in [9.17, 15) is 0 Å². The van der Waals surface area contributed by atoms with E-state index in [2.05, 4.69) is 60.2 Å². The number of thioether (sulfide) groups is 2. The fourth-order valence-electron chi connectivity index (χ4n) is 2.43. The van der Waals surface area contributed by atoms with E-state index in [1.807, 2.05) is 0 Å². The number of benzene rings is 1. The van der Waals surface area contributed by atoms with Crippen molar-refractivity contribution in [2.45, 2.75) is 30.2 Å². The van der Waals surface area contributed by atoms with Crippen LogP contribution < -0.4 is 10.1 Å². The highest BCUT2D eigenvalue weighted by molar-refractivity contribution is 8.06. The lowest BCUT2D eigenvalue weighted by molar-refractivity contribution is 0.302. The summed E-state index contributed by atoms with van der Waals surface area (Å²) in [6, 6.07) is 9.08. The van der Waals surface area contributed by atoms with Crippen molar-refractivity contribution in [1.29, 1.82) is 0 Å². The molecule has 0 aromatic heterocycles. The zero-order chi connectivity index (χ0) is 13.1. The maximum Gasteiger partial charge on any atom is 0.120 e. The third kappa shape index (κ3) is 3.61. The fourth-order valence-corrected chi connectivity index (χ4v) is 5.34. The summed E-state index contributed by atoms with van der Waals surface area (Å²) in [5.41, 5.74) is 1.36. The zero-order valence-electron chi connectivity index (χ0n) is 11.3. The van der Waals surface area contributed by atoms with Gasteiger partial charge in [-0.3, -0.25) is 0 Å². The smallest absolute Gasteiger partial charge is 0.120 e. The van der Waals surface area contributed by atoms with Gasteiger partial charge >= 0.3 is 0 Å². The standard InChI is InChI=1S/C15H21NOS2/c1-16-15(14-10-18-7-8-19-14)11-3-2-4-13(9-11)17-12-5-6-12/h2-4,9,12,14-16H,5-8,10H2,1H3. The van der Waals surface area contributed by atoms with Gasteiger partial charge in [-0.05, 0) is 37.6 Å². The quantitative estimate of drug-likeness (QED) is 0.899. The van der Waals surface area contributed by atoms with Gasteiger partial charge in [-0.2, -0.15) is 23.5 Å². The Hall–Kier alpha value is -0.320. The van der Waals surface area contributed by atoms with E-state index in [0.717, 1.165) is 5.75 Å². The molecular formula is C15H21NOS2. The maximum absolute atomic E-state index is 5.91. The van der Waals surface area contributed by atoms with Gasteiger partial charge in [0, 0.05) is 28.6 Å². The Labute approximate surface area is 124 Å². The van der Waals surface area contributed by atoms with Crippen LogP contribution >= 0.6 is 23.5 Å². The van der Waals surface area contributed by atoms with Crippen molar-refractivity contribution in [2.24, 2.45) is 0 Å². The van der Waals surface area contributed by atoms with Crippen LogP contribution in [0.25, 0.3) is 0 Å². The van der Waals surface area contributed by atoms with Gasteiger partial charge in [-0.25, -0.2) is 0 Å². The molecule has 2 aliphatic rings. The summed E-state index contributed by atoms with van der Waals surface area (Å²) in [6.07, 6.45) is 2.91. The van der Waals surface area contributed by atoms with Crippen LogP contribution in [-0.2, 0) is 0 Å². The highest BCUT2D eigenvalue weighted by atomic mass is 32.2. The molecule has 1 heterocycles. The lowest BCUT2D eigenvalue weighted by Crippen LogP contribution is -2.31. The van der Waals surface area contributed by atoms with Crippen LogP contribution in [0.3, 0.4) is 0 Å². The average Bonchev–Trinajstić information content (AvgIpc) is 3.25. The molecule has 2 fully saturated rings. The Morgan fingerprint density at radius 2 is 2.21 bits per heavy atom. The number of ether oxygens (including phenoxy) is 1. The highest BCUT2D eigenvalue weighted by Gasteiger charge is 2.26.